The molecule has 2 N–H and O–H groups in total. The Bertz CT molecular complexity index is 882. The number of rotatable bonds is 4. The fourth-order valence-corrected chi connectivity index (χ4v) is 5.15. The van der Waals surface area contributed by atoms with Gasteiger partial charge in [-0.1, -0.05) is 18.2 Å². The van der Waals surface area contributed by atoms with E-state index >= 15 is 0 Å². The van der Waals surface area contributed by atoms with E-state index < -0.39 is 5.54 Å². The van der Waals surface area contributed by atoms with Crippen LogP contribution in [0.1, 0.15) is 24.8 Å². The highest BCUT2D eigenvalue weighted by Gasteiger charge is 2.65. The van der Waals surface area contributed by atoms with Gasteiger partial charge in [-0.05, 0) is 31.9 Å². The molecule has 27 heavy (non-hydrogen) atoms. The smallest absolute Gasteiger partial charge is 0.250 e. The van der Waals surface area contributed by atoms with Gasteiger partial charge < -0.3 is 10.6 Å². The zero-order chi connectivity index (χ0) is 18.4. The first-order valence-electron chi connectivity index (χ1n) is 9.49. The van der Waals surface area contributed by atoms with Crippen LogP contribution in [0.3, 0.4) is 0 Å². The zero-order valence-electron chi connectivity index (χ0n) is 15.0. The molecular weight excluding hydrogens is 344 g/mol. The molecule has 3 aliphatic rings. The van der Waals surface area contributed by atoms with Crippen molar-refractivity contribution in [3.63, 3.8) is 0 Å². The van der Waals surface area contributed by atoms with Gasteiger partial charge in [-0.2, -0.15) is 5.10 Å². The highest BCUT2D eigenvalue weighted by atomic mass is 16.2. The van der Waals surface area contributed by atoms with E-state index in [1.807, 2.05) is 24.3 Å². The van der Waals surface area contributed by atoms with Crippen LogP contribution in [-0.2, 0) is 21.7 Å². The maximum absolute atomic E-state index is 13.2. The van der Waals surface area contributed by atoms with Gasteiger partial charge in [-0.15, -0.1) is 0 Å². The Morgan fingerprint density at radius 3 is 3.11 bits per heavy atom. The van der Waals surface area contributed by atoms with Crippen LogP contribution in [0, 0.1) is 5.92 Å². The maximum atomic E-state index is 13.2. The topological polar surface area (TPSA) is 92.2 Å². The van der Waals surface area contributed by atoms with Crippen LogP contribution in [0.4, 0.5) is 5.69 Å². The molecule has 2 fully saturated rings. The van der Waals surface area contributed by atoms with Crippen molar-refractivity contribution in [2.24, 2.45) is 5.92 Å². The number of benzene rings is 1. The summed E-state index contributed by atoms with van der Waals surface area (Å²) >= 11 is 0. The van der Waals surface area contributed by atoms with Crippen molar-refractivity contribution < 1.29 is 9.59 Å². The van der Waals surface area contributed by atoms with Crippen LogP contribution in [0.25, 0.3) is 0 Å². The number of anilines is 1. The van der Waals surface area contributed by atoms with Gasteiger partial charge in [0.2, 0.25) is 11.8 Å². The molecule has 4 heterocycles. The summed E-state index contributed by atoms with van der Waals surface area (Å²) in [6.07, 6.45) is 5.93. The molecule has 3 atom stereocenters. The number of hydrogen-bond acceptors (Lipinski definition) is 5. The summed E-state index contributed by atoms with van der Waals surface area (Å²) in [4.78, 5) is 32.6. The van der Waals surface area contributed by atoms with Crippen molar-refractivity contribution >= 4 is 17.5 Å². The van der Waals surface area contributed by atoms with Crippen molar-refractivity contribution in [3.05, 3.63) is 42.5 Å². The normalized spacial score (nSPS) is 29.0. The van der Waals surface area contributed by atoms with Crippen molar-refractivity contribution in [2.45, 2.75) is 37.4 Å². The fourth-order valence-electron chi connectivity index (χ4n) is 5.15. The molecule has 5 rings (SSSR count). The van der Waals surface area contributed by atoms with Crippen LogP contribution in [0.2, 0.25) is 0 Å². The molecule has 1 spiro atoms. The number of nitrogens with zero attached hydrogens (tertiary/aromatic N) is 4. The summed E-state index contributed by atoms with van der Waals surface area (Å²) in [5.74, 6) is -0.511. The molecular formula is C19H22N6O2. The number of amides is 2. The summed E-state index contributed by atoms with van der Waals surface area (Å²) in [6, 6.07) is 8.06. The first kappa shape index (κ1) is 16.4. The Kier molecular flexibility index (Phi) is 3.75. The van der Waals surface area contributed by atoms with Gasteiger partial charge >= 0.3 is 0 Å². The lowest BCUT2D eigenvalue weighted by Crippen LogP contribution is -2.54. The van der Waals surface area contributed by atoms with E-state index in [1.54, 1.807) is 11.0 Å². The van der Waals surface area contributed by atoms with E-state index in [-0.39, 0.29) is 23.8 Å². The van der Waals surface area contributed by atoms with E-state index in [4.69, 9.17) is 0 Å². The van der Waals surface area contributed by atoms with Gasteiger partial charge in [0.1, 0.15) is 18.2 Å². The van der Waals surface area contributed by atoms with Crippen LogP contribution in [0.15, 0.2) is 36.9 Å². The lowest BCUT2D eigenvalue weighted by Gasteiger charge is -2.36. The van der Waals surface area contributed by atoms with E-state index in [0.717, 1.165) is 37.1 Å². The minimum Gasteiger partial charge on any atom is -0.354 e. The summed E-state index contributed by atoms with van der Waals surface area (Å²) in [5, 5.41) is 10.1. The van der Waals surface area contributed by atoms with Crippen LogP contribution >= 0.6 is 0 Å². The summed E-state index contributed by atoms with van der Waals surface area (Å²) in [5.41, 5.74) is 0.890. The van der Waals surface area contributed by atoms with E-state index in [2.05, 4.69) is 25.6 Å². The monoisotopic (exact) mass is 366 g/mol. The zero-order valence-corrected chi connectivity index (χ0v) is 15.0. The Balaban J connectivity index is 1.44. The van der Waals surface area contributed by atoms with Gasteiger partial charge in [0.25, 0.3) is 0 Å². The lowest BCUT2D eigenvalue weighted by molar-refractivity contribution is -0.137. The van der Waals surface area contributed by atoms with Gasteiger partial charge in [-0.3, -0.25) is 19.2 Å². The molecule has 1 aromatic carbocycles. The molecule has 0 bridgehead atoms. The highest BCUT2D eigenvalue weighted by molar-refractivity contribution is 6.09. The predicted molar refractivity (Wildman–Crippen MR) is 97.6 cm³/mol. The standard InChI is InChI=1S/C19H22N6O2/c26-17(21-7-9-24-12-20-11-22-24)15-10-13-4-3-8-25(13)19(15)14-5-1-2-6-16(14)23-18(19)27/h1-2,5-6,11-13,15H,3-4,7-10H2,(H,21,26)(H,23,27)/t13-,15+,19+/m1/s1. The molecule has 3 aliphatic heterocycles. The summed E-state index contributed by atoms with van der Waals surface area (Å²) < 4.78 is 1.68. The quantitative estimate of drug-likeness (QED) is 0.832. The second kappa shape index (κ2) is 6.16. The molecule has 2 saturated heterocycles. The van der Waals surface area contributed by atoms with E-state index in [1.165, 1.54) is 6.33 Å². The largest absolute Gasteiger partial charge is 0.354 e. The minimum atomic E-state index is -0.880. The van der Waals surface area contributed by atoms with Crippen LogP contribution in [0.5, 0.6) is 0 Å². The summed E-state index contributed by atoms with van der Waals surface area (Å²) in [6.45, 7) is 1.87. The average Bonchev–Trinajstić information content (AvgIpc) is 3.42. The number of carbonyl (C=O) groups is 2. The molecule has 1 aromatic heterocycles. The fraction of sp³-hybridized carbons (Fsp3) is 0.474. The highest BCUT2D eigenvalue weighted by Crippen LogP contribution is 2.55. The SMILES string of the molecule is O=C(NCCn1cncn1)[C@@H]1C[C@H]2CCCN2[C@]12C(=O)Nc1ccccc12. The Labute approximate surface area is 156 Å². The molecule has 2 aromatic rings. The van der Waals surface area contributed by atoms with Crippen molar-refractivity contribution in [1.82, 2.24) is 25.0 Å². The lowest BCUT2D eigenvalue weighted by atomic mass is 9.78. The van der Waals surface area contributed by atoms with Gasteiger partial charge in [0.15, 0.2) is 0 Å². The summed E-state index contributed by atoms with van der Waals surface area (Å²) in [7, 11) is 0. The van der Waals surface area contributed by atoms with Gasteiger partial charge in [0, 0.05) is 23.8 Å². The molecule has 2 amide bonds. The van der Waals surface area contributed by atoms with E-state index in [0.29, 0.717) is 13.1 Å². The predicted octanol–water partition coefficient (Wildman–Crippen LogP) is 0.726. The third kappa shape index (κ3) is 2.32. The Hall–Kier alpha value is -2.74. The molecule has 140 valence electrons. The minimum absolute atomic E-state index is 0.0589. The Morgan fingerprint density at radius 1 is 1.37 bits per heavy atom. The second-order valence-corrected chi connectivity index (χ2v) is 7.49. The number of aromatic nitrogens is 3. The molecule has 0 saturated carbocycles. The number of nitrogens with one attached hydrogen (secondary N) is 2. The third-order valence-electron chi connectivity index (χ3n) is 6.20. The molecule has 8 heteroatoms. The van der Waals surface area contributed by atoms with Gasteiger partial charge in [-0.25, -0.2) is 4.98 Å². The van der Waals surface area contributed by atoms with Crippen LogP contribution < -0.4 is 10.6 Å². The van der Waals surface area contributed by atoms with E-state index in [9.17, 15) is 9.59 Å². The maximum Gasteiger partial charge on any atom is 0.250 e. The van der Waals surface area contributed by atoms with Crippen molar-refractivity contribution in [3.8, 4) is 0 Å². The number of para-hydroxylation sites is 1. The van der Waals surface area contributed by atoms with Crippen LogP contribution in [-0.4, -0.2) is 50.6 Å². The number of carbonyl (C=O) groups excluding carboxylic acids is 2. The molecule has 0 radical (unpaired) electrons. The average molecular weight is 366 g/mol. The first-order valence-corrected chi connectivity index (χ1v) is 9.49. The third-order valence-corrected chi connectivity index (χ3v) is 6.20. The number of hydrogen-bond donors (Lipinski definition) is 2. The number of fused-ring (bicyclic) bond motifs is 4. The molecule has 0 unspecified atom stereocenters. The Morgan fingerprint density at radius 2 is 2.26 bits per heavy atom. The van der Waals surface area contributed by atoms with Gasteiger partial charge in [0.05, 0.1) is 12.5 Å². The molecule has 8 nitrogen and oxygen atoms in total. The molecule has 0 aliphatic carbocycles. The second-order valence-electron chi connectivity index (χ2n) is 7.49. The first-order chi connectivity index (χ1) is 13.2. The van der Waals surface area contributed by atoms with Crippen molar-refractivity contribution in [2.75, 3.05) is 18.4 Å². The van der Waals surface area contributed by atoms with Crippen molar-refractivity contribution in [1.29, 1.82) is 0 Å².